The average molecular weight is 658 g/mol. The molecule has 0 radical (unpaired) electrons. The molecule has 0 aromatic heterocycles. The molecule has 0 heterocycles. The summed E-state index contributed by atoms with van der Waals surface area (Å²) in [5.74, 6) is -0.234. The van der Waals surface area contributed by atoms with Gasteiger partial charge in [-0.3, -0.25) is 13.9 Å². The Bertz CT molecular complexity index is 1730. The normalized spacial score (nSPS) is 11.7. The van der Waals surface area contributed by atoms with Crippen LogP contribution in [0.3, 0.4) is 0 Å². The molecule has 0 aliphatic heterocycles. The number of sulfonamides is 1. The Morgan fingerprint density at radius 1 is 0.851 bits per heavy atom. The van der Waals surface area contributed by atoms with Crippen LogP contribution in [0.2, 0.25) is 0 Å². The Hall–Kier alpha value is -4.83. The number of ether oxygens (including phenoxy) is 2. The van der Waals surface area contributed by atoms with Crippen molar-refractivity contribution in [1.82, 2.24) is 10.2 Å². The van der Waals surface area contributed by atoms with Crippen molar-refractivity contribution in [3.63, 3.8) is 0 Å². The van der Waals surface area contributed by atoms with Crippen molar-refractivity contribution in [2.24, 2.45) is 0 Å². The maximum Gasteiger partial charge on any atom is 0.264 e. The van der Waals surface area contributed by atoms with Crippen molar-refractivity contribution < 1.29 is 27.5 Å². The molecule has 0 spiro atoms. The molecule has 4 rings (SSSR count). The van der Waals surface area contributed by atoms with Crippen molar-refractivity contribution >= 4 is 27.5 Å². The Balaban J connectivity index is 1.85. The van der Waals surface area contributed by atoms with E-state index in [2.05, 4.69) is 5.32 Å². The zero-order valence-corrected chi connectivity index (χ0v) is 28.2. The number of hydrogen-bond acceptors (Lipinski definition) is 6. The van der Waals surface area contributed by atoms with Crippen molar-refractivity contribution in [2.75, 3.05) is 31.6 Å². The second-order valence-electron chi connectivity index (χ2n) is 11.2. The largest absolute Gasteiger partial charge is 0.497 e. The summed E-state index contributed by atoms with van der Waals surface area (Å²) in [6, 6.07) is 28.9. The third-order valence-electron chi connectivity index (χ3n) is 7.97. The van der Waals surface area contributed by atoms with E-state index in [1.807, 2.05) is 68.4 Å². The highest BCUT2D eigenvalue weighted by Crippen LogP contribution is 2.36. The molecule has 9 nitrogen and oxygen atoms in total. The Morgan fingerprint density at radius 2 is 1.51 bits per heavy atom. The first kappa shape index (κ1) is 35.0. The lowest BCUT2D eigenvalue weighted by molar-refractivity contribution is -0.140. The third kappa shape index (κ3) is 8.92. The van der Waals surface area contributed by atoms with Crippen LogP contribution in [-0.2, 0) is 32.6 Å². The van der Waals surface area contributed by atoms with E-state index >= 15 is 0 Å². The number of benzene rings is 4. The highest BCUT2D eigenvalue weighted by Gasteiger charge is 2.35. The van der Waals surface area contributed by atoms with Gasteiger partial charge in [0.25, 0.3) is 10.0 Å². The molecule has 0 bridgehead atoms. The van der Waals surface area contributed by atoms with E-state index in [0.717, 1.165) is 33.8 Å². The summed E-state index contributed by atoms with van der Waals surface area (Å²) in [5.41, 5.74) is 2.79. The van der Waals surface area contributed by atoms with Gasteiger partial charge in [0, 0.05) is 25.6 Å². The quantitative estimate of drug-likeness (QED) is 0.154. The van der Waals surface area contributed by atoms with Crippen LogP contribution in [0.15, 0.2) is 108 Å². The van der Waals surface area contributed by atoms with Crippen molar-refractivity contribution in [3.8, 4) is 11.5 Å². The molecule has 0 saturated heterocycles. The smallest absolute Gasteiger partial charge is 0.264 e. The molecule has 47 heavy (non-hydrogen) atoms. The highest BCUT2D eigenvalue weighted by molar-refractivity contribution is 7.92. The number of carbonyl (C=O) groups excluding carboxylic acids is 2. The van der Waals surface area contributed by atoms with Gasteiger partial charge in [0.2, 0.25) is 11.8 Å². The topological polar surface area (TPSA) is 105 Å². The number of rotatable bonds is 16. The molecular formula is C37H43N3O6S. The number of nitrogens with one attached hydrogen (secondary N) is 1. The van der Waals surface area contributed by atoms with Gasteiger partial charge in [-0.2, -0.15) is 0 Å². The molecule has 248 valence electrons. The predicted molar refractivity (Wildman–Crippen MR) is 184 cm³/mol. The monoisotopic (exact) mass is 657 g/mol. The second-order valence-corrected chi connectivity index (χ2v) is 13.0. The minimum atomic E-state index is -4.29. The predicted octanol–water partition coefficient (Wildman–Crippen LogP) is 5.76. The summed E-state index contributed by atoms with van der Waals surface area (Å²) in [6.07, 6.45) is 1.92. The first-order valence-electron chi connectivity index (χ1n) is 15.6. The van der Waals surface area contributed by atoms with Gasteiger partial charge in [0.1, 0.15) is 24.1 Å². The SMILES string of the molecule is CCCCNC(=O)[C@@H](Cc1ccccc1)N(Cc1ccccc1C)C(=O)CN(c1cc(OC)ccc1OC)S(=O)(=O)c1ccccc1. The molecule has 0 unspecified atom stereocenters. The van der Waals surface area contributed by atoms with Gasteiger partial charge in [0.15, 0.2) is 0 Å². The standard InChI is InChI=1S/C37H43N3O6S/c1-5-6-23-38-37(42)34(24-29-16-9-7-10-17-29)39(26-30-18-14-13-15-28(30)2)36(41)27-40(47(43,44)32-19-11-8-12-20-32)33-25-31(45-3)21-22-35(33)46-4/h7-22,25,34H,5-6,23-24,26-27H2,1-4H3,(H,38,42)/t34-/m1/s1. The molecule has 1 atom stereocenters. The van der Waals surface area contributed by atoms with Crippen LogP contribution in [0.5, 0.6) is 11.5 Å². The zero-order valence-electron chi connectivity index (χ0n) is 27.4. The lowest BCUT2D eigenvalue weighted by atomic mass is 10.0. The van der Waals surface area contributed by atoms with E-state index in [9.17, 15) is 18.0 Å². The lowest BCUT2D eigenvalue weighted by Crippen LogP contribution is -2.53. The van der Waals surface area contributed by atoms with Crippen LogP contribution in [0.1, 0.15) is 36.5 Å². The van der Waals surface area contributed by atoms with Crippen molar-refractivity contribution in [1.29, 1.82) is 0 Å². The summed E-state index contributed by atoms with van der Waals surface area (Å²) < 4.78 is 40.7. The second kappa shape index (κ2) is 16.6. The van der Waals surface area contributed by atoms with Crippen molar-refractivity contribution in [3.05, 3.63) is 120 Å². The van der Waals surface area contributed by atoms with Gasteiger partial charge in [-0.05, 0) is 54.3 Å². The fourth-order valence-electron chi connectivity index (χ4n) is 5.26. The van der Waals surface area contributed by atoms with E-state index in [-0.39, 0.29) is 35.2 Å². The minimum Gasteiger partial charge on any atom is -0.497 e. The minimum absolute atomic E-state index is 0.00118. The molecular weight excluding hydrogens is 614 g/mol. The van der Waals surface area contributed by atoms with E-state index in [1.54, 1.807) is 30.3 Å². The maximum absolute atomic E-state index is 14.7. The molecule has 4 aromatic carbocycles. The van der Waals surface area contributed by atoms with Crippen LogP contribution in [0.25, 0.3) is 0 Å². The summed E-state index contributed by atoms with van der Waals surface area (Å²) in [7, 11) is -1.39. The van der Waals surface area contributed by atoms with Gasteiger partial charge in [-0.1, -0.05) is 86.1 Å². The maximum atomic E-state index is 14.7. The highest BCUT2D eigenvalue weighted by atomic mass is 32.2. The third-order valence-corrected chi connectivity index (χ3v) is 9.74. The van der Waals surface area contributed by atoms with Crippen LogP contribution < -0.4 is 19.1 Å². The van der Waals surface area contributed by atoms with Crippen LogP contribution in [0.4, 0.5) is 5.69 Å². The molecule has 0 fully saturated rings. The van der Waals surface area contributed by atoms with Gasteiger partial charge >= 0.3 is 0 Å². The number of aryl methyl sites for hydroxylation is 1. The number of amides is 2. The molecule has 0 aliphatic carbocycles. The van der Waals surface area contributed by atoms with E-state index in [0.29, 0.717) is 12.3 Å². The van der Waals surface area contributed by atoms with E-state index in [1.165, 1.54) is 37.3 Å². The first-order chi connectivity index (χ1) is 22.7. The van der Waals surface area contributed by atoms with Crippen LogP contribution >= 0.6 is 0 Å². The average Bonchev–Trinajstić information content (AvgIpc) is 3.09. The Kier molecular flexibility index (Phi) is 12.4. The van der Waals surface area contributed by atoms with E-state index < -0.39 is 28.5 Å². The van der Waals surface area contributed by atoms with Gasteiger partial charge in [-0.15, -0.1) is 0 Å². The molecule has 10 heteroatoms. The Morgan fingerprint density at radius 3 is 2.15 bits per heavy atom. The molecule has 4 aromatic rings. The fourth-order valence-corrected chi connectivity index (χ4v) is 6.69. The fraction of sp³-hybridized carbons (Fsp3) is 0.297. The number of unbranched alkanes of at least 4 members (excludes halogenated alkanes) is 1. The zero-order chi connectivity index (χ0) is 33.8. The van der Waals surface area contributed by atoms with Gasteiger partial charge < -0.3 is 19.7 Å². The molecule has 2 amide bonds. The Labute approximate surface area is 278 Å². The summed E-state index contributed by atoms with van der Waals surface area (Å²) in [4.78, 5) is 30.1. The van der Waals surface area contributed by atoms with Crippen LogP contribution in [-0.4, -0.2) is 58.5 Å². The molecule has 0 saturated carbocycles. The number of hydrogen-bond donors (Lipinski definition) is 1. The summed E-state index contributed by atoms with van der Waals surface area (Å²) in [5, 5.41) is 3.01. The number of nitrogens with zero attached hydrogens (tertiary/aromatic N) is 2. The van der Waals surface area contributed by atoms with Crippen LogP contribution in [0, 0.1) is 6.92 Å². The molecule has 0 aliphatic rings. The number of carbonyl (C=O) groups is 2. The first-order valence-corrected chi connectivity index (χ1v) is 17.1. The van der Waals surface area contributed by atoms with Gasteiger partial charge in [-0.25, -0.2) is 8.42 Å². The van der Waals surface area contributed by atoms with Crippen molar-refractivity contribution in [2.45, 2.75) is 50.6 Å². The summed E-state index contributed by atoms with van der Waals surface area (Å²) in [6.45, 7) is 3.94. The summed E-state index contributed by atoms with van der Waals surface area (Å²) >= 11 is 0. The lowest BCUT2D eigenvalue weighted by Gasteiger charge is -2.34. The number of anilines is 1. The number of methoxy groups -OCH3 is 2. The van der Waals surface area contributed by atoms with Gasteiger partial charge in [0.05, 0.1) is 24.8 Å². The van der Waals surface area contributed by atoms with E-state index in [4.69, 9.17) is 9.47 Å². The molecule has 1 N–H and O–H groups in total.